The van der Waals surface area contributed by atoms with Gasteiger partial charge in [-0.3, -0.25) is 4.79 Å². The highest BCUT2D eigenvalue weighted by Crippen LogP contribution is 2.32. The van der Waals surface area contributed by atoms with Crippen LogP contribution < -0.4 is 10.1 Å². The van der Waals surface area contributed by atoms with E-state index >= 15 is 0 Å². The summed E-state index contributed by atoms with van der Waals surface area (Å²) in [7, 11) is 0. The zero-order valence-electron chi connectivity index (χ0n) is 14.4. The number of nitrogens with zero attached hydrogens (tertiary/aromatic N) is 2. The van der Waals surface area contributed by atoms with E-state index in [1.807, 2.05) is 0 Å². The Morgan fingerprint density at radius 1 is 1.25 bits per heavy atom. The van der Waals surface area contributed by atoms with Gasteiger partial charge >= 0.3 is 6.18 Å². The Morgan fingerprint density at radius 2 is 1.96 bits per heavy atom. The zero-order valence-corrected chi connectivity index (χ0v) is 15.1. The van der Waals surface area contributed by atoms with Gasteiger partial charge < -0.3 is 14.5 Å². The van der Waals surface area contributed by atoms with E-state index in [-0.39, 0.29) is 22.8 Å². The molecular weight excluding hydrogens is 399 g/mol. The Kier molecular flexibility index (Phi) is 5.55. The van der Waals surface area contributed by atoms with Gasteiger partial charge in [0.15, 0.2) is 18.7 Å². The molecule has 0 unspecified atom stereocenters. The van der Waals surface area contributed by atoms with Crippen LogP contribution in [0.2, 0.25) is 5.02 Å². The van der Waals surface area contributed by atoms with E-state index in [0.29, 0.717) is 16.3 Å². The van der Waals surface area contributed by atoms with Gasteiger partial charge in [0.2, 0.25) is 5.88 Å². The monoisotopic (exact) mass is 411 g/mol. The SMILES string of the molecule is Cc1ocnc1C(=O)Nc1cnc(OCC(F)(F)F)c(-c2ccc(Cl)cc2)c1. The summed E-state index contributed by atoms with van der Waals surface area (Å²) in [5.74, 6) is -0.442. The highest BCUT2D eigenvalue weighted by Gasteiger charge is 2.29. The van der Waals surface area contributed by atoms with E-state index in [1.165, 1.54) is 12.3 Å². The van der Waals surface area contributed by atoms with Gasteiger partial charge in [-0.1, -0.05) is 23.7 Å². The van der Waals surface area contributed by atoms with Crippen LogP contribution in [-0.2, 0) is 0 Å². The molecule has 0 aliphatic rings. The molecule has 0 spiro atoms. The van der Waals surface area contributed by atoms with Crippen molar-refractivity contribution in [2.24, 2.45) is 0 Å². The Hall–Kier alpha value is -3.07. The van der Waals surface area contributed by atoms with Crippen molar-refractivity contribution >= 4 is 23.2 Å². The summed E-state index contributed by atoms with van der Waals surface area (Å²) in [6, 6.07) is 7.82. The Bertz CT molecular complexity index is 988. The van der Waals surface area contributed by atoms with Crippen LogP contribution in [0, 0.1) is 6.92 Å². The summed E-state index contributed by atoms with van der Waals surface area (Å²) in [4.78, 5) is 20.0. The lowest BCUT2D eigenvalue weighted by Crippen LogP contribution is -2.20. The number of amides is 1. The maximum absolute atomic E-state index is 12.5. The fourth-order valence-electron chi connectivity index (χ4n) is 2.34. The van der Waals surface area contributed by atoms with E-state index in [4.69, 9.17) is 20.8 Å². The number of carbonyl (C=O) groups excluding carboxylic acids is 1. The van der Waals surface area contributed by atoms with Crippen LogP contribution in [-0.4, -0.2) is 28.7 Å². The van der Waals surface area contributed by atoms with Crippen molar-refractivity contribution in [2.45, 2.75) is 13.1 Å². The predicted octanol–water partition coefficient (Wildman–Crippen LogP) is 4.89. The third kappa shape index (κ3) is 4.80. The first-order valence-corrected chi connectivity index (χ1v) is 8.28. The van der Waals surface area contributed by atoms with Crippen LogP contribution in [0.3, 0.4) is 0 Å². The minimum atomic E-state index is -4.52. The van der Waals surface area contributed by atoms with Gasteiger partial charge in [0.25, 0.3) is 5.91 Å². The molecule has 0 aliphatic heterocycles. The second-order valence-corrected chi connectivity index (χ2v) is 6.14. The molecule has 1 aromatic carbocycles. The number of aryl methyl sites for hydroxylation is 1. The van der Waals surface area contributed by atoms with Gasteiger partial charge in [-0.25, -0.2) is 9.97 Å². The first-order valence-electron chi connectivity index (χ1n) is 7.90. The first kappa shape index (κ1) is 19.7. The molecule has 0 bridgehead atoms. The van der Waals surface area contributed by atoms with Crippen molar-refractivity contribution in [1.29, 1.82) is 0 Å². The molecule has 10 heteroatoms. The molecular formula is C18H13ClF3N3O3. The Balaban J connectivity index is 1.92. The lowest BCUT2D eigenvalue weighted by atomic mass is 10.1. The summed E-state index contributed by atoms with van der Waals surface area (Å²) in [6.07, 6.45) is -2.19. The van der Waals surface area contributed by atoms with Gasteiger partial charge in [-0.15, -0.1) is 0 Å². The third-order valence-corrected chi connectivity index (χ3v) is 3.85. The largest absolute Gasteiger partial charge is 0.468 e. The number of rotatable bonds is 5. The highest BCUT2D eigenvalue weighted by molar-refractivity contribution is 6.30. The predicted molar refractivity (Wildman–Crippen MR) is 95.4 cm³/mol. The molecule has 0 radical (unpaired) electrons. The number of halogens is 4. The molecule has 0 saturated heterocycles. The van der Waals surface area contributed by atoms with Gasteiger partial charge in [0.05, 0.1) is 11.9 Å². The van der Waals surface area contributed by atoms with Crippen molar-refractivity contribution in [3.05, 3.63) is 59.4 Å². The maximum atomic E-state index is 12.5. The molecule has 28 heavy (non-hydrogen) atoms. The van der Waals surface area contributed by atoms with Gasteiger partial charge in [0, 0.05) is 10.6 Å². The molecule has 0 saturated carbocycles. The van der Waals surface area contributed by atoms with Gasteiger partial charge in [-0.05, 0) is 30.7 Å². The average Bonchev–Trinajstić information content (AvgIpc) is 3.06. The summed E-state index contributed by atoms with van der Waals surface area (Å²) < 4.78 is 47.4. The fraction of sp³-hybridized carbons (Fsp3) is 0.167. The van der Waals surface area contributed by atoms with E-state index < -0.39 is 18.7 Å². The number of ether oxygens (including phenoxy) is 1. The summed E-state index contributed by atoms with van der Waals surface area (Å²) in [5.41, 5.74) is 1.11. The number of hydrogen-bond donors (Lipinski definition) is 1. The summed E-state index contributed by atoms with van der Waals surface area (Å²) >= 11 is 5.86. The van der Waals surface area contributed by atoms with E-state index in [0.717, 1.165) is 6.39 Å². The van der Waals surface area contributed by atoms with Crippen molar-refractivity contribution in [2.75, 3.05) is 11.9 Å². The minimum absolute atomic E-state index is 0.0884. The maximum Gasteiger partial charge on any atom is 0.422 e. The number of pyridine rings is 1. The third-order valence-electron chi connectivity index (χ3n) is 3.60. The molecule has 0 atom stereocenters. The molecule has 3 aromatic rings. The smallest absolute Gasteiger partial charge is 0.422 e. The second-order valence-electron chi connectivity index (χ2n) is 5.70. The summed E-state index contributed by atoms with van der Waals surface area (Å²) in [5, 5.41) is 3.04. The number of alkyl halides is 3. The van der Waals surface area contributed by atoms with Crippen LogP contribution in [0.4, 0.5) is 18.9 Å². The number of anilines is 1. The van der Waals surface area contributed by atoms with E-state index in [9.17, 15) is 18.0 Å². The van der Waals surface area contributed by atoms with Gasteiger partial charge in [0.1, 0.15) is 5.76 Å². The highest BCUT2D eigenvalue weighted by atomic mass is 35.5. The van der Waals surface area contributed by atoms with E-state index in [1.54, 1.807) is 31.2 Å². The standard InChI is InChI=1S/C18H13ClF3N3O3/c1-10-15(24-9-28-10)16(26)25-13-6-14(11-2-4-12(19)5-3-11)17(23-7-13)27-8-18(20,21)22/h2-7,9H,8H2,1H3,(H,25,26). The lowest BCUT2D eigenvalue weighted by molar-refractivity contribution is -0.154. The van der Waals surface area contributed by atoms with Crippen molar-refractivity contribution in [1.82, 2.24) is 9.97 Å². The number of oxazole rings is 1. The van der Waals surface area contributed by atoms with Crippen molar-refractivity contribution in [3.8, 4) is 17.0 Å². The van der Waals surface area contributed by atoms with Crippen LogP contribution in [0.1, 0.15) is 16.2 Å². The van der Waals surface area contributed by atoms with Crippen molar-refractivity contribution < 1.29 is 27.1 Å². The molecule has 146 valence electrons. The topological polar surface area (TPSA) is 77.3 Å². The molecule has 2 aromatic heterocycles. The molecule has 0 fully saturated rings. The average molecular weight is 412 g/mol. The van der Waals surface area contributed by atoms with Crippen LogP contribution in [0.5, 0.6) is 5.88 Å². The molecule has 0 aliphatic carbocycles. The van der Waals surface area contributed by atoms with Gasteiger partial charge in [-0.2, -0.15) is 13.2 Å². The second kappa shape index (κ2) is 7.89. The minimum Gasteiger partial charge on any atom is -0.468 e. The zero-order chi connectivity index (χ0) is 20.3. The number of hydrogen-bond acceptors (Lipinski definition) is 5. The lowest BCUT2D eigenvalue weighted by Gasteiger charge is -2.14. The number of nitrogens with one attached hydrogen (secondary N) is 1. The molecule has 3 rings (SSSR count). The molecule has 2 heterocycles. The molecule has 1 amide bonds. The Morgan fingerprint density at radius 3 is 2.57 bits per heavy atom. The summed E-state index contributed by atoms with van der Waals surface area (Å²) in [6.45, 7) is 0.0812. The molecule has 1 N–H and O–H groups in total. The fourth-order valence-corrected chi connectivity index (χ4v) is 2.46. The Labute approximate surface area is 162 Å². The number of aromatic nitrogens is 2. The normalized spacial score (nSPS) is 11.3. The number of carbonyl (C=O) groups is 1. The van der Waals surface area contributed by atoms with Crippen LogP contribution >= 0.6 is 11.6 Å². The molecule has 6 nitrogen and oxygen atoms in total. The first-order chi connectivity index (χ1) is 13.2. The van der Waals surface area contributed by atoms with Crippen LogP contribution in [0.15, 0.2) is 47.3 Å². The quantitative estimate of drug-likeness (QED) is 0.646. The number of benzene rings is 1. The van der Waals surface area contributed by atoms with Crippen molar-refractivity contribution in [3.63, 3.8) is 0 Å². The van der Waals surface area contributed by atoms with Crippen LogP contribution in [0.25, 0.3) is 11.1 Å². The van der Waals surface area contributed by atoms with E-state index in [2.05, 4.69) is 15.3 Å².